The average molecular weight is 280 g/mol. The van der Waals surface area contributed by atoms with Crippen LogP contribution in [0.5, 0.6) is 0 Å². The smallest absolute Gasteiger partial charge is 0.325 e. The van der Waals surface area contributed by atoms with Crippen LogP contribution in [0.2, 0.25) is 0 Å². The van der Waals surface area contributed by atoms with Gasteiger partial charge in [-0.05, 0) is 11.6 Å². The van der Waals surface area contributed by atoms with Gasteiger partial charge in [-0.25, -0.2) is 0 Å². The predicted molar refractivity (Wildman–Crippen MR) is 67.0 cm³/mol. The zero-order chi connectivity index (χ0) is 13.7. The first kappa shape index (κ1) is 13.5. The van der Waals surface area contributed by atoms with Gasteiger partial charge < -0.3 is 5.21 Å². The topological polar surface area (TPSA) is 82.3 Å². The Morgan fingerprint density at radius 3 is 2.47 bits per heavy atom. The van der Waals surface area contributed by atoms with Gasteiger partial charge in [-0.2, -0.15) is 13.1 Å². The summed E-state index contributed by atoms with van der Waals surface area (Å²) in [6, 6.07) is 13.2. The van der Waals surface area contributed by atoms with Crippen LogP contribution >= 0.6 is 0 Å². The second-order valence-electron chi connectivity index (χ2n) is 3.73. The molecule has 0 saturated carbocycles. The first-order valence-electron chi connectivity index (χ1n) is 5.45. The maximum atomic E-state index is 11.8. The summed E-state index contributed by atoms with van der Waals surface area (Å²) in [6.07, 6.45) is 1.10. The normalized spacial score (nSPS) is 11.4. The third-order valence-electron chi connectivity index (χ3n) is 2.31. The third kappa shape index (κ3) is 3.50. The minimum atomic E-state index is -3.98. The molecule has 0 spiro atoms. The van der Waals surface area contributed by atoms with Crippen molar-refractivity contribution in [1.82, 2.24) is 4.89 Å². The van der Waals surface area contributed by atoms with Crippen molar-refractivity contribution in [2.24, 2.45) is 0 Å². The lowest BCUT2D eigenvalue weighted by molar-refractivity contribution is -0.646. The molecule has 2 rings (SSSR count). The van der Waals surface area contributed by atoms with Crippen molar-refractivity contribution in [3.05, 3.63) is 65.5 Å². The number of benzene rings is 1. The predicted octanol–water partition coefficient (Wildman–Crippen LogP) is 0.730. The highest BCUT2D eigenvalue weighted by molar-refractivity contribution is 7.89. The van der Waals surface area contributed by atoms with Crippen molar-refractivity contribution >= 4 is 10.0 Å². The molecular formula is C12H12N2O4S. The van der Waals surface area contributed by atoms with Crippen LogP contribution in [0.15, 0.2) is 59.8 Å². The average Bonchev–Trinajstić information content (AvgIpc) is 2.40. The molecule has 0 amide bonds. The van der Waals surface area contributed by atoms with Crippen molar-refractivity contribution in [2.45, 2.75) is 11.6 Å². The molecular weight excluding hydrogens is 268 g/mol. The highest BCUT2D eigenvalue weighted by Gasteiger charge is 2.23. The maximum absolute atomic E-state index is 11.8. The number of pyridine rings is 1. The molecule has 100 valence electrons. The van der Waals surface area contributed by atoms with Crippen molar-refractivity contribution in [2.75, 3.05) is 0 Å². The fourth-order valence-corrected chi connectivity index (χ4v) is 2.28. The molecule has 0 radical (unpaired) electrons. The minimum Gasteiger partial charge on any atom is -0.618 e. The van der Waals surface area contributed by atoms with E-state index in [-0.39, 0.29) is 11.3 Å². The van der Waals surface area contributed by atoms with E-state index in [0.717, 1.165) is 11.8 Å². The summed E-state index contributed by atoms with van der Waals surface area (Å²) in [5.41, 5.74) is 0.813. The summed E-state index contributed by atoms with van der Waals surface area (Å²) < 4.78 is 23.8. The molecule has 1 aromatic carbocycles. The number of aromatic nitrogens is 1. The molecule has 0 unspecified atom stereocenters. The van der Waals surface area contributed by atoms with Crippen LogP contribution in [-0.2, 0) is 21.5 Å². The van der Waals surface area contributed by atoms with E-state index in [9.17, 15) is 13.6 Å². The molecule has 0 fully saturated rings. The van der Waals surface area contributed by atoms with E-state index in [1.54, 1.807) is 12.1 Å². The van der Waals surface area contributed by atoms with E-state index in [4.69, 9.17) is 4.84 Å². The van der Waals surface area contributed by atoms with Gasteiger partial charge in [-0.1, -0.05) is 35.2 Å². The molecule has 0 aliphatic rings. The van der Waals surface area contributed by atoms with Gasteiger partial charge in [0.05, 0.1) is 6.61 Å². The Labute approximate surface area is 110 Å². The lowest BCUT2D eigenvalue weighted by Gasteiger charge is -2.07. The molecule has 1 aromatic heterocycles. The van der Waals surface area contributed by atoms with Gasteiger partial charge in [0, 0.05) is 12.1 Å². The van der Waals surface area contributed by atoms with Crippen LogP contribution in [0.4, 0.5) is 0 Å². The van der Waals surface area contributed by atoms with Gasteiger partial charge in [0.15, 0.2) is 6.20 Å². The number of hydrogen-bond acceptors (Lipinski definition) is 4. The molecule has 0 aliphatic carbocycles. The van der Waals surface area contributed by atoms with Crippen molar-refractivity contribution in [3.63, 3.8) is 0 Å². The summed E-state index contributed by atoms with van der Waals surface area (Å²) >= 11 is 0. The monoisotopic (exact) mass is 280 g/mol. The van der Waals surface area contributed by atoms with E-state index in [0.29, 0.717) is 0 Å². The van der Waals surface area contributed by atoms with Gasteiger partial charge >= 0.3 is 15.0 Å². The Balaban J connectivity index is 2.01. The van der Waals surface area contributed by atoms with Gasteiger partial charge in [-0.15, -0.1) is 0 Å². The van der Waals surface area contributed by atoms with Crippen LogP contribution in [0, 0.1) is 5.21 Å². The lowest BCUT2D eigenvalue weighted by atomic mass is 10.2. The Kier molecular flexibility index (Phi) is 4.10. The number of sulfonamides is 1. The quantitative estimate of drug-likeness (QED) is 0.497. The van der Waals surface area contributed by atoms with Crippen molar-refractivity contribution < 1.29 is 18.0 Å². The van der Waals surface area contributed by atoms with Crippen LogP contribution in [-0.4, -0.2) is 8.42 Å². The molecule has 0 atom stereocenters. The van der Waals surface area contributed by atoms with Crippen molar-refractivity contribution in [3.8, 4) is 0 Å². The summed E-state index contributed by atoms with van der Waals surface area (Å²) in [5.74, 6) is 0. The van der Waals surface area contributed by atoms with E-state index in [2.05, 4.69) is 0 Å². The largest absolute Gasteiger partial charge is 0.618 e. The van der Waals surface area contributed by atoms with E-state index in [1.165, 1.54) is 18.2 Å². The van der Waals surface area contributed by atoms with Gasteiger partial charge in [0.2, 0.25) is 0 Å². The molecule has 7 heteroatoms. The van der Waals surface area contributed by atoms with Crippen molar-refractivity contribution in [1.29, 1.82) is 0 Å². The van der Waals surface area contributed by atoms with E-state index in [1.807, 2.05) is 23.1 Å². The van der Waals surface area contributed by atoms with Gasteiger partial charge in [0.1, 0.15) is 0 Å². The van der Waals surface area contributed by atoms with E-state index < -0.39 is 15.0 Å². The number of hydrogen-bond donors (Lipinski definition) is 1. The second-order valence-corrected chi connectivity index (χ2v) is 5.32. The standard InChI is InChI=1S/C12H12N2O4S/c15-14-9-5-4-8-12(14)19(16,17)13-18-10-11-6-2-1-3-7-11/h1-9,13H,10H2. The molecule has 2 aromatic rings. The highest BCUT2D eigenvalue weighted by atomic mass is 32.2. The van der Waals surface area contributed by atoms with Crippen LogP contribution in [0.3, 0.4) is 0 Å². The van der Waals surface area contributed by atoms with Gasteiger partial charge in [0.25, 0.3) is 0 Å². The maximum Gasteiger partial charge on any atom is 0.325 e. The van der Waals surface area contributed by atoms with Crippen LogP contribution in [0.25, 0.3) is 0 Å². The number of nitrogens with zero attached hydrogens (tertiary/aromatic N) is 1. The SMILES string of the molecule is O=S(=O)(NOCc1ccccc1)c1cccc[n+]1[O-]. The van der Waals surface area contributed by atoms with Crippen LogP contribution in [0.1, 0.15) is 5.56 Å². The highest BCUT2D eigenvalue weighted by Crippen LogP contribution is 2.03. The fourth-order valence-electron chi connectivity index (χ4n) is 1.43. The first-order chi connectivity index (χ1) is 9.09. The Bertz CT molecular complexity index is 644. The molecule has 19 heavy (non-hydrogen) atoms. The summed E-state index contributed by atoms with van der Waals surface area (Å²) in [4.78, 5) is 6.82. The van der Waals surface area contributed by atoms with E-state index >= 15 is 0 Å². The summed E-state index contributed by atoms with van der Waals surface area (Å²) in [5, 5.41) is 10.9. The summed E-state index contributed by atoms with van der Waals surface area (Å²) in [7, 11) is -3.98. The number of rotatable bonds is 5. The molecule has 0 aliphatic heterocycles. The molecule has 6 nitrogen and oxygen atoms in total. The molecule has 0 saturated heterocycles. The minimum absolute atomic E-state index is 0.0752. The Morgan fingerprint density at radius 1 is 1.11 bits per heavy atom. The molecule has 1 heterocycles. The number of nitrogens with one attached hydrogen (secondary N) is 1. The summed E-state index contributed by atoms with van der Waals surface area (Å²) in [6.45, 7) is 0.0752. The first-order valence-corrected chi connectivity index (χ1v) is 6.93. The Hall–Kier alpha value is -1.96. The Morgan fingerprint density at radius 2 is 1.79 bits per heavy atom. The second kappa shape index (κ2) is 5.79. The zero-order valence-electron chi connectivity index (χ0n) is 9.89. The molecule has 0 bridgehead atoms. The van der Waals surface area contributed by atoms with Gasteiger partial charge in [-0.3, -0.25) is 4.84 Å². The fraction of sp³-hybridized carbons (Fsp3) is 0.0833. The zero-order valence-corrected chi connectivity index (χ0v) is 10.7. The van der Waals surface area contributed by atoms with Crippen LogP contribution < -0.4 is 9.62 Å². The third-order valence-corrected chi connectivity index (χ3v) is 3.52. The molecule has 1 N–H and O–H groups in total. The lowest BCUT2D eigenvalue weighted by Crippen LogP contribution is -2.38.